The molecule has 2 rings (SSSR count). The molecule has 0 bridgehead atoms. The van der Waals surface area contributed by atoms with Crippen molar-refractivity contribution >= 4 is 10.9 Å². The molecular weight excluding hydrogens is 196 g/mol. The molecule has 2 aromatic rings. The van der Waals surface area contributed by atoms with Crippen molar-refractivity contribution in [2.75, 3.05) is 0 Å². The molecule has 0 amide bonds. The van der Waals surface area contributed by atoms with Gasteiger partial charge >= 0.3 is 0 Å². The number of nitrogens with two attached hydrogens (primary N) is 1. The monoisotopic (exact) mass is 214 g/mol. The fourth-order valence-corrected chi connectivity index (χ4v) is 1.96. The Morgan fingerprint density at radius 3 is 2.50 bits per heavy atom. The number of hydrogen-bond acceptors (Lipinski definition) is 2. The van der Waals surface area contributed by atoms with E-state index in [1.54, 1.807) is 0 Å². The SMILES string of the molecule is CC(C)(C)c1cc2ccccc2nc1CN. The van der Waals surface area contributed by atoms with Gasteiger partial charge in [0.25, 0.3) is 0 Å². The number of benzene rings is 1. The lowest BCUT2D eigenvalue weighted by molar-refractivity contribution is 0.579. The van der Waals surface area contributed by atoms with Gasteiger partial charge in [0.15, 0.2) is 0 Å². The standard InChI is InChI=1S/C14H18N2/c1-14(2,3)11-8-10-6-4-5-7-12(10)16-13(11)9-15/h4-8H,9,15H2,1-3H3. The minimum atomic E-state index is 0.0890. The van der Waals surface area contributed by atoms with Gasteiger partial charge in [0.2, 0.25) is 0 Å². The fraction of sp³-hybridized carbons (Fsp3) is 0.357. The van der Waals surface area contributed by atoms with Crippen molar-refractivity contribution in [3.8, 4) is 0 Å². The van der Waals surface area contributed by atoms with Crippen molar-refractivity contribution in [1.29, 1.82) is 0 Å². The van der Waals surface area contributed by atoms with E-state index in [1.165, 1.54) is 10.9 Å². The number of para-hydroxylation sites is 1. The van der Waals surface area contributed by atoms with Crippen LogP contribution in [-0.4, -0.2) is 4.98 Å². The van der Waals surface area contributed by atoms with Crippen LogP contribution in [0.3, 0.4) is 0 Å². The molecule has 84 valence electrons. The third-order valence-electron chi connectivity index (χ3n) is 2.80. The molecule has 2 nitrogen and oxygen atoms in total. The number of pyridine rings is 1. The van der Waals surface area contributed by atoms with E-state index in [4.69, 9.17) is 5.73 Å². The average Bonchev–Trinajstić information content (AvgIpc) is 2.26. The molecule has 1 aromatic heterocycles. The maximum Gasteiger partial charge on any atom is 0.0706 e. The van der Waals surface area contributed by atoms with Crippen molar-refractivity contribution in [3.63, 3.8) is 0 Å². The zero-order valence-corrected chi connectivity index (χ0v) is 10.1. The third-order valence-corrected chi connectivity index (χ3v) is 2.80. The summed E-state index contributed by atoms with van der Waals surface area (Å²) in [7, 11) is 0. The van der Waals surface area contributed by atoms with Crippen molar-refractivity contribution in [2.45, 2.75) is 32.7 Å². The first kappa shape index (κ1) is 11.1. The second kappa shape index (κ2) is 3.87. The summed E-state index contributed by atoms with van der Waals surface area (Å²) in [6.07, 6.45) is 0. The van der Waals surface area contributed by atoms with Crippen LogP contribution >= 0.6 is 0 Å². The van der Waals surface area contributed by atoms with Crippen molar-refractivity contribution < 1.29 is 0 Å². The molecule has 0 spiro atoms. The van der Waals surface area contributed by atoms with Crippen molar-refractivity contribution in [2.24, 2.45) is 5.73 Å². The molecule has 0 saturated heterocycles. The van der Waals surface area contributed by atoms with E-state index < -0.39 is 0 Å². The Hall–Kier alpha value is -1.41. The zero-order chi connectivity index (χ0) is 11.8. The zero-order valence-electron chi connectivity index (χ0n) is 10.1. The molecule has 16 heavy (non-hydrogen) atoms. The van der Waals surface area contributed by atoms with Crippen LogP contribution in [0.2, 0.25) is 0 Å². The Bertz CT molecular complexity index is 510. The van der Waals surface area contributed by atoms with Crippen LogP contribution in [0, 0.1) is 0 Å². The number of rotatable bonds is 1. The molecule has 0 atom stereocenters. The molecule has 0 aliphatic heterocycles. The topological polar surface area (TPSA) is 38.9 Å². The molecule has 1 aromatic carbocycles. The lowest BCUT2D eigenvalue weighted by Gasteiger charge is -2.22. The molecule has 0 radical (unpaired) electrons. The first-order chi connectivity index (χ1) is 7.52. The summed E-state index contributed by atoms with van der Waals surface area (Å²) in [6, 6.07) is 10.4. The number of fused-ring (bicyclic) bond motifs is 1. The summed E-state index contributed by atoms with van der Waals surface area (Å²) >= 11 is 0. The van der Waals surface area contributed by atoms with Crippen LogP contribution in [0.1, 0.15) is 32.0 Å². The maximum atomic E-state index is 5.78. The van der Waals surface area contributed by atoms with Crippen LogP contribution in [0.5, 0.6) is 0 Å². The summed E-state index contributed by atoms with van der Waals surface area (Å²) in [5.74, 6) is 0. The summed E-state index contributed by atoms with van der Waals surface area (Å²) in [5, 5.41) is 1.18. The highest BCUT2D eigenvalue weighted by Gasteiger charge is 2.18. The van der Waals surface area contributed by atoms with Gasteiger partial charge in [-0.25, -0.2) is 0 Å². The lowest BCUT2D eigenvalue weighted by Crippen LogP contribution is -2.17. The molecule has 2 heteroatoms. The third kappa shape index (κ3) is 1.93. The molecule has 0 unspecified atom stereocenters. The van der Waals surface area contributed by atoms with Gasteiger partial charge in [-0.15, -0.1) is 0 Å². The van der Waals surface area contributed by atoms with E-state index >= 15 is 0 Å². The highest BCUT2D eigenvalue weighted by atomic mass is 14.7. The van der Waals surface area contributed by atoms with Crippen LogP contribution in [0.15, 0.2) is 30.3 Å². The lowest BCUT2D eigenvalue weighted by atomic mass is 9.85. The predicted octanol–water partition coefficient (Wildman–Crippen LogP) is 2.99. The first-order valence-electron chi connectivity index (χ1n) is 5.61. The second-order valence-corrected chi connectivity index (χ2v) is 5.13. The quantitative estimate of drug-likeness (QED) is 0.792. The van der Waals surface area contributed by atoms with E-state index in [-0.39, 0.29) is 5.41 Å². The summed E-state index contributed by atoms with van der Waals surface area (Å²) < 4.78 is 0. The minimum Gasteiger partial charge on any atom is -0.325 e. The Kier molecular flexibility index (Phi) is 2.68. The Morgan fingerprint density at radius 1 is 1.19 bits per heavy atom. The first-order valence-corrected chi connectivity index (χ1v) is 5.61. The molecule has 1 heterocycles. The van der Waals surface area contributed by atoms with E-state index in [9.17, 15) is 0 Å². The summed E-state index contributed by atoms with van der Waals surface area (Å²) in [5.41, 5.74) is 9.14. The van der Waals surface area contributed by atoms with Crippen LogP contribution in [0.4, 0.5) is 0 Å². The molecule has 0 aliphatic rings. The molecule has 0 fully saturated rings. The van der Waals surface area contributed by atoms with Gasteiger partial charge in [0.05, 0.1) is 11.2 Å². The molecule has 0 saturated carbocycles. The number of nitrogens with zero attached hydrogens (tertiary/aromatic N) is 1. The maximum absolute atomic E-state index is 5.78. The summed E-state index contributed by atoms with van der Waals surface area (Å²) in [4.78, 5) is 4.64. The largest absolute Gasteiger partial charge is 0.325 e. The Morgan fingerprint density at radius 2 is 1.88 bits per heavy atom. The van der Waals surface area contributed by atoms with Gasteiger partial charge < -0.3 is 5.73 Å². The van der Waals surface area contributed by atoms with Crippen LogP contribution in [-0.2, 0) is 12.0 Å². The minimum absolute atomic E-state index is 0.0890. The van der Waals surface area contributed by atoms with Gasteiger partial charge in [0.1, 0.15) is 0 Å². The number of aromatic nitrogens is 1. The fourth-order valence-electron chi connectivity index (χ4n) is 1.96. The van der Waals surface area contributed by atoms with Gasteiger partial charge in [0, 0.05) is 11.9 Å². The Labute approximate surface area is 96.5 Å². The molecule has 2 N–H and O–H groups in total. The average molecular weight is 214 g/mol. The predicted molar refractivity (Wildman–Crippen MR) is 68.3 cm³/mol. The van der Waals surface area contributed by atoms with E-state index in [1.807, 2.05) is 18.2 Å². The van der Waals surface area contributed by atoms with Gasteiger partial charge in [-0.2, -0.15) is 0 Å². The van der Waals surface area contributed by atoms with Crippen LogP contribution in [0.25, 0.3) is 10.9 Å². The second-order valence-electron chi connectivity index (χ2n) is 5.13. The number of hydrogen-bond donors (Lipinski definition) is 1. The normalized spacial score (nSPS) is 12.0. The van der Waals surface area contributed by atoms with Gasteiger partial charge in [-0.1, -0.05) is 39.0 Å². The van der Waals surface area contributed by atoms with Crippen molar-refractivity contribution in [3.05, 3.63) is 41.6 Å². The van der Waals surface area contributed by atoms with Crippen molar-refractivity contribution in [1.82, 2.24) is 4.98 Å². The van der Waals surface area contributed by atoms with Gasteiger partial charge in [-0.3, -0.25) is 4.98 Å². The molecular formula is C14H18N2. The Balaban J connectivity index is 2.73. The highest BCUT2D eigenvalue weighted by molar-refractivity contribution is 5.79. The van der Waals surface area contributed by atoms with E-state index in [0.29, 0.717) is 6.54 Å². The van der Waals surface area contributed by atoms with Gasteiger partial charge in [-0.05, 0) is 23.1 Å². The van der Waals surface area contributed by atoms with E-state index in [0.717, 1.165) is 11.2 Å². The smallest absolute Gasteiger partial charge is 0.0706 e. The van der Waals surface area contributed by atoms with Crippen LogP contribution < -0.4 is 5.73 Å². The summed E-state index contributed by atoms with van der Waals surface area (Å²) in [6.45, 7) is 7.07. The molecule has 0 aliphatic carbocycles. The van der Waals surface area contributed by atoms with E-state index in [2.05, 4.69) is 37.9 Å². The highest BCUT2D eigenvalue weighted by Crippen LogP contribution is 2.27.